The molecular formula is C20H35N3O3. The van der Waals surface area contributed by atoms with Gasteiger partial charge in [0.1, 0.15) is 0 Å². The van der Waals surface area contributed by atoms with Crippen LogP contribution in [-0.2, 0) is 9.53 Å². The maximum absolute atomic E-state index is 12.5. The number of ether oxygens (including phenoxy) is 1. The van der Waals surface area contributed by atoms with Gasteiger partial charge in [-0.3, -0.25) is 4.79 Å². The molecule has 1 saturated carbocycles. The van der Waals surface area contributed by atoms with E-state index in [1.807, 2.05) is 19.0 Å². The Kier molecular flexibility index (Phi) is 6.43. The number of nitrogens with zero attached hydrogens (tertiary/aromatic N) is 2. The van der Waals surface area contributed by atoms with Gasteiger partial charge in [0.05, 0.1) is 5.60 Å². The largest absolute Gasteiger partial charge is 0.375 e. The average Bonchev–Trinajstić information content (AvgIpc) is 2.63. The topological polar surface area (TPSA) is 61.9 Å². The number of likely N-dealkylation sites (tertiary alicyclic amines) is 1. The van der Waals surface area contributed by atoms with Crippen LogP contribution < -0.4 is 5.32 Å². The molecule has 1 N–H and O–H groups in total. The van der Waals surface area contributed by atoms with Crippen molar-refractivity contribution in [3.63, 3.8) is 0 Å². The summed E-state index contributed by atoms with van der Waals surface area (Å²) in [6.45, 7) is 2.25. The molecule has 6 nitrogen and oxygen atoms in total. The second kappa shape index (κ2) is 8.59. The molecule has 3 aliphatic rings. The van der Waals surface area contributed by atoms with Gasteiger partial charge in [-0.15, -0.1) is 0 Å². The number of rotatable bonds is 3. The van der Waals surface area contributed by atoms with Gasteiger partial charge in [-0.2, -0.15) is 0 Å². The number of hydrogen-bond donors (Lipinski definition) is 1. The van der Waals surface area contributed by atoms with Crippen LogP contribution in [0.3, 0.4) is 0 Å². The molecule has 2 aliphatic heterocycles. The van der Waals surface area contributed by atoms with Crippen molar-refractivity contribution in [3.05, 3.63) is 0 Å². The molecule has 1 spiro atoms. The standard InChI is InChI=1S/C20H35N3O3/c1-22(2)18(24)14-16-8-13-26-20(15-16)9-11-23(12-10-20)19(25)21-17-6-4-3-5-7-17/h16-17H,3-15H2,1-2H3,(H,21,25). The van der Waals surface area contributed by atoms with Gasteiger partial charge in [-0.05, 0) is 44.4 Å². The molecule has 148 valence electrons. The fourth-order valence-electron chi connectivity index (χ4n) is 4.71. The Labute approximate surface area is 157 Å². The summed E-state index contributed by atoms with van der Waals surface area (Å²) in [7, 11) is 3.64. The third-order valence-corrected chi connectivity index (χ3v) is 6.45. The van der Waals surface area contributed by atoms with E-state index in [0.717, 1.165) is 58.2 Å². The summed E-state index contributed by atoms with van der Waals surface area (Å²) in [5.41, 5.74) is -0.128. The van der Waals surface area contributed by atoms with E-state index in [4.69, 9.17) is 4.74 Å². The van der Waals surface area contributed by atoms with Crippen LogP contribution in [0.15, 0.2) is 0 Å². The molecule has 1 atom stereocenters. The van der Waals surface area contributed by atoms with Crippen LogP contribution >= 0.6 is 0 Å². The summed E-state index contributed by atoms with van der Waals surface area (Å²) in [6.07, 6.45) is 10.3. The van der Waals surface area contributed by atoms with Crippen molar-refractivity contribution in [2.75, 3.05) is 33.8 Å². The molecule has 0 aromatic rings. The quantitative estimate of drug-likeness (QED) is 0.836. The van der Waals surface area contributed by atoms with Crippen LogP contribution in [0, 0.1) is 5.92 Å². The normalized spacial score (nSPS) is 26.5. The third-order valence-electron chi connectivity index (χ3n) is 6.45. The van der Waals surface area contributed by atoms with Gasteiger partial charge in [0, 0.05) is 46.3 Å². The lowest BCUT2D eigenvalue weighted by molar-refractivity contribution is -0.138. The summed E-state index contributed by atoms with van der Waals surface area (Å²) >= 11 is 0. The van der Waals surface area contributed by atoms with E-state index < -0.39 is 0 Å². The lowest BCUT2D eigenvalue weighted by Gasteiger charge is -2.46. The van der Waals surface area contributed by atoms with Crippen molar-refractivity contribution in [3.8, 4) is 0 Å². The molecule has 0 aromatic carbocycles. The Morgan fingerprint density at radius 1 is 1.12 bits per heavy atom. The lowest BCUT2D eigenvalue weighted by Crippen LogP contribution is -2.54. The fraction of sp³-hybridized carbons (Fsp3) is 0.900. The van der Waals surface area contributed by atoms with Crippen LogP contribution in [0.1, 0.15) is 64.2 Å². The smallest absolute Gasteiger partial charge is 0.317 e. The Bertz CT molecular complexity index is 495. The number of piperidine rings is 1. The average molecular weight is 366 g/mol. The van der Waals surface area contributed by atoms with Gasteiger partial charge >= 0.3 is 6.03 Å². The van der Waals surface area contributed by atoms with Crippen LogP contribution in [0.5, 0.6) is 0 Å². The molecule has 1 aliphatic carbocycles. The predicted molar refractivity (Wildman–Crippen MR) is 101 cm³/mol. The van der Waals surface area contributed by atoms with Crippen molar-refractivity contribution in [2.24, 2.45) is 5.92 Å². The molecule has 3 fully saturated rings. The van der Waals surface area contributed by atoms with Gasteiger partial charge in [-0.1, -0.05) is 19.3 Å². The molecule has 6 heteroatoms. The number of carbonyl (C=O) groups excluding carboxylic acids is 2. The molecule has 2 heterocycles. The summed E-state index contributed by atoms with van der Waals surface area (Å²) < 4.78 is 6.17. The van der Waals surface area contributed by atoms with E-state index in [1.54, 1.807) is 4.90 Å². The Balaban J connectivity index is 1.47. The minimum Gasteiger partial charge on any atom is -0.375 e. The highest BCUT2D eigenvalue weighted by Gasteiger charge is 2.41. The Hall–Kier alpha value is -1.30. The van der Waals surface area contributed by atoms with Crippen molar-refractivity contribution in [2.45, 2.75) is 75.9 Å². The van der Waals surface area contributed by atoms with Crippen molar-refractivity contribution in [1.29, 1.82) is 0 Å². The number of nitrogens with one attached hydrogen (secondary N) is 1. The Morgan fingerprint density at radius 2 is 1.81 bits per heavy atom. The van der Waals surface area contributed by atoms with Crippen molar-refractivity contribution < 1.29 is 14.3 Å². The first-order chi connectivity index (χ1) is 12.5. The first-order valence-electron chi connectivity index (χ1n) is 10.4. The van der Waals surface area contributed by atoms with E-state index in [9.17, 15) is 9.59 Å². The maximum atomic E-state index is 12.5. The highest BCUT2D eigenvalue weighted by molar-refractivity contribution is 5.76. The molecule has 26 heavy (non-hydrogen) atoms. The van der Waals surface area contributed by atoms with Gasteiger partial charge in [0.2, 0.25) is 5.91 Å². The number of amides is 3. The lowest BCUT2D eigenvalue weighted by atomic mass is 9.78. The number of hydrogen-bond acceptors (Lipinski definition) is 3. The van der Waals surface area contributed by atoms with Crippen LogP contribution in [-0.4, -0.2) is 67.2 Å². The predicted octanol–water partition coefficient (Wildman–Crippen LogP) is 2.77. The zero-order valence-corrected chi connectivity index (χ0v) is 16.5. The number of carbonyl (C=O) groups is 2. The van der Waals surface area contributed by atoms with E-state index in [0.29, 0.717) is 18.4 Å². The van der Waals surface area contributed by atoms with E-state index in [1.165, 1.54) is 19.3 Å². The summed E-state index contributed by atoms with van der Waals surface area (Å²) in [5.74, 6) is 0.609. The zero-order chi connectivity index (χ0) is 18.6. The molecule has 3 rings (SSSR count). The summed E-state index contributed by atoms with van der Waals surface area (Å²) in [4.78, 5) is 28.2. The van der Waals surface area contributed by atoms with Crippen molar-refractivity contribution >= 4 is 11.9 Å². The molecular weight excluding hydrogens is 330 g/mol. The van der Waals surface area contributed by atoms with Gasteiger partial charge in [-0.25, -0.2) is 4.79 Å². The number of urea groups is 1. The second-order valence-electron chi connectivity index (χ2n) is 8.65. The second-order valence-corrected chi connectivity index (χ2v) is 8.65. The van der Waals surface area contributed by atoms with Crippen LogP contribution in [0.4, 0.5) is 4.79 Å². The molecule has 3 amide bonds. The maximum Gasteiger partial charge on any atom is 0.317 e. The monoisotopic (exact) mass is 365 g/mol. The minimum atomic E-state index is -0.128. The van der Waals surface area contributed by atoms with Gasteiger partial charge in [0.25, 0.3) is 0 Å². The first kappa shape index (κ1) is 19.5. The molecule has 2 saturated heterocycles. The van der Waals surface area contributed by atoms with Crippen LogP contribution in [0.2, 0.25) is 0 Å². The van der Waals surface area contributed by atoms with Gasteiger partial charge < -0.3 is 19.9 Å². The Morgan fingerprint density at radius 3 is 2.46 bits per heavy atom. The fourth-order valence-corrected chi connectivity index (χ4v) is 4.71. The van der Waals surface area contributed by atoms with E-state index >= 15 is 0 Å². The summed E-state index contributed by atoms with van der Waals surface area (Å²) in [5, 5.41) is 3.22. The van der Waals surface area contributed by atoms with E-state index in [-0.39, 0.29) is 17.5 Å². The molecule has 0 aromatic heterocycles. The van der Waals surface area contributed by atoms with Crippen LogP contribution in [0.25, 0.3) is 0 Å². The first-order valence-corrected chi connectivity index (χ1v) is 10.4. The third kappa shape index (κ3) is 4.90. The molecule has 0 radical (unpaired) electrons. The van der Waals surface area contributed by atoms with E-state index in [2.05, 4.69) is 5.32 Å². The highest BCUT2D eigenvalue weighted by atomic mass is 16.5. The molecule has 1 unspecified atom stereocenters. The summed E-state index contributed by atoms with van der Waals surface area (Å²) in [6, 6.07) is 0.460. The van der Waals surface area contributed by atoms with Crippen molar-refractivity contribution in [1.82, 2.24) is 15.1 Å². The SMILES string of the molecule is CN(C)C(=O)CC1CCOC2(CCN(C(=O)NC3CCCCC3)CC2)C1. The van der Waals surface area contributed by atoms with Gasteiger partial charge in [0.15, 0.2) is 0 Å². The molecule has 0 bridgehead atoms. The highest BCUT2D eigenvalue weighted by Crippen LogP contribution is 2.39. The minimum absolute atomic E-state index is 0.0990. The zero-order valence-electron chi connectivity index (χ0n) is 16.5.